The molecule has 5 nitrogen and oxygen atoms in total. The summed E-state index contributed by atoms with van der Waals surface area (Å²) in [6.07, 6.45) is 4.10. The van der Waals surface area contributed by atoms with Gasteiger partial charge in [0.25, 0.3) is 5.69 Å². The summed E-state index contributed by atoms with van der Waals surface area (Å²) in [6.45, 7) is 2.83. The smallest absolute Gasteiger partial charge is 0.293 e. The lowest BCUT2D eigenvalue weighted by Gasteiger charge is -2.30. The van der Waals surface area contributed by atoms with Crippen LogP contribution < -0.4 is 5.32 Å². The van der Waals surface area contributed by atoms with Crippen molar-refractivity contribution in [3.63, 3.8) is 0 Å². The second-order valence-corrected chi connectivity index (χ2v) is 5.50. The van der Waals surface area contributed by atoms with E-state index >= 15 is 0 Å². The quantitative estimate of drug-likeness (QED) is 0.659. The third-order valence-corrected chi connectivity index (χ3v) is 3.73. The molecular formula is C14H19ClN2O3. The molecular weight excluding hydrogens is 280 g/mol. The van der Waals surface area contributed by atoms with Crippen LogP contribution in [0.5, 0.6) is 0 Å². The molecule has 2 unspecified atom stereocenters. The number of anilines is 1. The largest absolute Gasteiger partial charge is 0.378 e. The molecule has 20 heavy (non-hydrogen) atoms. The van der Waals surface area contributed by atoms with Crippen molar-refractivity contribution in [2.24, 2.45) is 0 Å². The molecule has 110 valence electrons. The minimum Gasteiger partial charge on any atom is -0.378 e. The first-order valence-electron chi connectivity index (χ1n) is 6.92. The lowest BCUT2D eigenvalue weighted by molar-refractivity contribution is -0.384. The van der Waals surface area contributed by atoms with Crippen LogP contribution in [0.2, 0.25) is 5.02 Å². The van der Waals surface area contributed by atoms with E-state index in [0.717, 1.165) is 25.7 Å². The van der Waals surface area contributed by atoms with E-state index in [0.29, 0.717) is 17.3 Å². The molecule has 6 heteroatoms. The van der Waals surface area contributed by atoms with Crippen molar-refractivity contribution in [2.75, 3.05) is 11.9 Å². The van der Waals surface area contributed by atoms with Crippen LogP contribution in [0.1, 0.15) is 32.6 Å². The monoisotopic (exact) mass is 298 g/mol. The molecule has 1 aromatic carbocycles. The van der Waals surface area contributed by atoms with Crippen LogP contribution in [-0.2, 0) is 4.74 Å². The predicted octanol–water partition coefficient (Wildman–Crippen LogP) is 4.01. The summed E-state index contributed by atoms with van der Waals surface area (Å²) >= 11 is 5.82. The summed E-state index contributed by atoms with van der Waals surface area (Å²) in [5.41, 5.74) is 0.553. The van der Waals surface area contributed by atoms with Gasteiger partial charge in [0, 0.05) is 23.7 Å². The van der Waals surface area contributed by atoms with Crippen molar-refractivity contribution in [2.45, 2.75) is 44.8 Å². The zero-order valence-electron chi connectivity index (χ0n) is 11.5. The van der Waals surface area contributed by atoms with Crippen LogP contribution in [0.25, 0.3) is 0 Å². The highest BCUT2D eigenvalue weighted by atomic mass is 35.5. The Hall–Kier alpha value is -1.33. The van der Waals surface area contributed by atoms with Gasteiger partial charge >= 0.3 is 0 Å². The number of nitro groups is 1. The Bertz CT molecular complexity index is 479. The molecule has 1 fully saturated rings. The van der Waals surface area contributed by atoms with E-state index < -0.39 is 4.92 Å². The normalized spacial score (nSPS) is 22.5. The van der Waals surface area contributed by atoms with Crippen LogP contribution in [-0.4, -0.2) is 23.7 Å². The van der Waals surface area contributed by atoms with Gasteiger partial charge in [-0.1, -0.05) is 24.9 Å². The Morgan fingerprint density at radius 3 is 3.05 bits per heavy atom. The number of halogens is 1. The summed E-state index contributed by atoms with van der Waals surface area (Å²) in [7, 11) is 0. The summed E-state index contributed by atoms with van der Waals surface area (Å²) < 4.78 is 5.69. The van der Waals surface area contributed by atoms with E-state index in [1.165, 1.54) is 6.07 Å². The van der Waals surface area contributed by atoms with Crippen molar-refractivity contribution in [1.29, 1.82) is 0 Å². The molecule has 1 saturated heterocycles. The Morgan fingerprint density at radius 2 is 2.35 bits per heavy atom. The van der Waals surface area contributed by atoms with Crippen LogP contribution in [0.4, 0.5) is 11.4 Å². The molecule has 1 heterocycles. The highest BCUT2D eigenvalue weighted by Gasteiger charge is 2.24. The zero-order valence-corrected chi connectivity index (χ0v) is 12.2. The van der Waals surface area contributed by atoms with Gasteiger partial charge < -0.3 is 10.1 Å². The zero-order chi connectivity index (χ0) is 14.5. The molecule has 0 saturated carbocycles. The summed E-state index contributed by atoms with van der Waals surface area (Å²) in [5.74, 6) is 0. The summed E-state index contributed by atoms with van der Waals surface area (Å²) in [6, 6.07) is 4.93. The number of hydrogen-bond donors (Lipinski definition) is 1. The molecule has 2 rings (SSSR count). The fourth-order valence-electron chi connectivity index (χ4n) is 2.53. The van der Waals surface area contributed by atoms with E-state index in [2.05, 4.69) is 12.2 Å². The molecule has 1 aliphatic heterocycles. The molecule has 2 atom stereocenters. The van der Waals surface area contributed by atoms with Crippen molar-refractivity contribution < 1.29 is 9.66 Å². The second kappa shape index (κ2) is 6.90. The predicted molar refractivity (Wildman–Crippen MR) is 79.4 cm³/mol. The van der Waals surface area contributed by atoms with Gasteiger partial charge in [0.05, 0.1) is 11.0 Å². The molecule has 0 amide bonds. The van der Waals surface area contributed by atoms with E-state index in [1.807, 2.05) is 0 Å². The van der Waals surface area contributed by atoms with Gasteiger partial charge in [-0.25, -0.2) is 0 Å². The lowest BCUT2D eigenvalue weighted by atomic mass is 10.00. The topological polar surface area (TPSA) is 64.4 Å². The van der Waals surface area contributed by atoms with Crippen molar-refractivity contribution in [3.05, 3.63) is 33.3 Å². The van der Waals surface area contributed by atoms with Gasteiger partial charge in [-0.3, -0.25) is 10.1 Å². The van der Waals surface area contributed by atoms with E-state index in [9.17, 15) is 10.1 Å². The number of nitrogens with one attached hydrogen (secondary N) is 1. The SMILES string of the molecule is CCCC1CC(Nc2ccc(Cl)cc2[N+](=O)[O-])CCO1. The van der Waals surface area contributed by atoms with Gasteiger partial charge in [0.1, 0.15) is 5.69 Å². The van der Waals surface area contributed by atoms with Gasteiger partial charge in [0.15, 0.2) is 0 Å². The first kappa shape index (κ1) is 15.1. The molecule has 0 bridgehead atoms. The fourth-order valence-corrected chi connectivity index (χ4v) is 2.70. The molecule has 0 aliphatic carbocycles. The van der Waals surface area contributed by atoms with E-state index in [-0.39, 0.29) is 17.8 Å². The van der Waals surface area contributed by atoms with Crippen LogP contribution in [0.15, 0.2) is 18.2 Å². The van der Waals surface area contributed by atoms with Gasteiger partial charge in [0.2, 0.25) is 0 Å². The standard InChI is InChI=1S/C14H19ClN2O3/c1-2-3-12-9-11(6-7-20-12)16-13-5-4-10(15)8-14(13)17(18)19/h4-5,8,11-12,16H,2-3,6-7,9H2,1H3. The van der Waals surface area contributed by atoms with E-state index in [4.69, 9.17) is 16.3 Å². The van der Waals surface area contributed by atoms with Crippen molar-refractivity contribution >= 4 is 23.0 Å². The number of nitro benzene ring substituents is 1. The average Bonchev–Trinajstić information content (AvgIpc) is 2.41. The molecule has 1 aliphatic rings. The fraction of sp³-hybridized carbons (Fsp3) is 0.571. The maximum Gasteiger partial charge on any atom is 0.293 e. The molecule has 1 N–H and O–H groups in total. The Kier molecular flexibility index (Phi) is 5.20. The molecule has 0 spiro atoms. The Labute approximate surface area is 123 Å². The maximum absolute atomic E-state index is 11.1. The summed E-state index contributed by atoms with van der Waals surface area (Å²) in [4.78, 5) is 10.7. The minimum absolute atomic E-state index is 0.0241. The van der Waals surface area contributed by atoms with Gasteiger partial charge in [-0.05, 0) is 31.4 Å². The van der Waals surface area contributed by atoms with Crippen LogP contribution in [0, 0.1) is 10.1 Å². The summed E-state index contributed by atoms with van der Waals surface area (Å²) in [5, 5.41) is 14.7. The number of hydrogen-bond acceptors (Lipinski definition) is 4. The number of nitrogens with zero attached hydrogens (tertiary/aromatic N) is 1. The van der Waals surface area contributed by atoms with Gasteiger partial charge in [-0.15, -0.1) is 0 Å². The van der Waals surface area contributed by atoms with Crippen LogP contribution >= 0.6 is 11.6 Å². The second-order valence-electron chi connectivity index (χ2n) is 5.07. The van der Waals surface area contributed by atoms with Crippen LogP contribution in [0.3, 0.4) is 0 Å². The first-order chi connectivity index (χ1) is 9.60. The number of rotatable bonds is 5. The number of benzene rings is 1. The maximum atomic E-state index is 11.1. The minimum atomic E-state index is -0.406. The molecule has 0 aromatic heterocycles. The Morgan fingerprint density at radius 1 is 1.55 bits per heavy atom. The number of ether oxygens (including phenoxy) is 1. The van der Waals surface area contributed by atoms with Gasteiger partial charge in [-0.2, -0.15) is 0 Å². The highest BCUT2D eigenvalue weighted by Crippen LogP contribution is 2.30. The third kappa shape index (κ3) is 3.84. The third-order valence-electron chi connectivity index (χ3n) is 3.49. The highest BCUT2D eigenvalue weighted by molar-refractivity contribution is 6.30. The lowest BCUT2D eigenvalue weighted by Crippen LogP contribution is -2.34. The first-order valence-corrected chi connectivity index (χ1v) is 7.30. The Balaban J connectivity index is 2.07. The molecule has 1 aromatic rings. The molecule has 0 radical (unpaired) electrons. The van der Waals surface area contributed by atoms with E-state index in [1.54, 1.807) is 12.1 Å². The van der Waals surface area contributed by atoms with Crippen molar-refractivity contribution in [3.8, 4) is 0 Å². The average molecular weight is 299 g/mol. The van der Waals surface area contributed by atoms with Crippen molar-refractivity contribution in [1.82, 2.24) is 0 Å².